The van der Waals surface area contributed by atoms with Crippen LogP contribution in [0.3, 0.4) is 0 Å². The number of hydrogen-bond acceptors (Lipinski definition) is 4. The van der Waals surface area contributed by atoms with Crippen LogP contribution in [0.5, 0.6) is 0 Å². The summed E-state index contributed by atoms with van der Waals surface area (Å²) in [5.41, 5.74) is 9.35. The summed E-state index contributed by atoms with van der Waals surface area (Å²) >= 11 is 0. The van der Waals surface area contributed by atoms with E-state index in [1.807, 2.05) is 13.8 Å². The second-order valence-electron chi connectivity index (χ2n) is 15.4. The molecule has 0 aromatic rings. The number of Topliss-reactive ketones (excluding diaryl/α,β-unsaturated/α-hetero) is 1. The molecule has 4 nitrogen and oxygen atoms in total. The summed E-state index contributed by atoms with van der Waals surface area (Å²) in [7, 11) is 0. The highest BCUT2D eigenvalue weighted by Crippen LogP contribution is 2.17. The fourth-order valence-corrected chi connectivity index (χ4v) is 5.01. The SMILES string of the molecule is C.C=CC(C)(O)CC/C=C(\C)CC/C=C(\C)CCC=C(C)C.CC(=O)CC/C=C(\C)CC/C=C(\C)CC/C=C(\C)CCC=C(C)C.CC1CC(=O)O1. The molecular formula is C48H82O4. The van der Waals surface area contributed by atoms with Crippen LogP contribution in [-0.2, 0) is 14.3 Å². The van der Waals surface area contributed by atoms with Gasteiger partial charge in [-0.2, -0.15) is 0 Å². The molecule has 2 unspecified atom stereocenters. The molecule has 1 aliphatic rings. The molecule has 1 N–H and O–H groups in total. The van der Waals surface area contributed by atoms with Gasteiger partial charge in [0, 0.05) is 6.42 Å². The fourth-order valence-electron chi connectivity index (χ4n) is 5.01. The largest absolute Gasteiger partial charge is 0.462 e. The molecule has 52 heavy (non-hydrogen) atoms. The van der Waals surface area contributed by atoms with E-state index in [9.17, 15) is 14.7 Å². The predicted molar refractivity (Wildman–Crippen MR) is 231 cm³/mol. The first kappa shape index (κ1) is 53.4. The van der Waals surface area contributed by atoms with Crippen LogP contribution in [0.1, 0.15) is 187 Å². The highest BCUT2D eigenvalue weighted by Gasteiger charge is 2.22. The smallest absolute Gasteiger partial charge is 0.309 e. The van der Waals surface area contributed by atoms with E-state index >= 15 is 0 Å². The van der Waals surface area contributed by atoms with Crippen molar-refractivity contribution in [2.24, 2.45) is 0 Å². The topological polar surface area (TPSA) is 63.6 Å². The molecule has 0 aromatic carbocycles. The Balaban J connectivity index is -0.000000783. The van der Waals surface area contributed by atoms with E-state index in [0.29, 0.717) is 12.8 Å². The van der Waals surface area contributed by atoms with Gasteiger partial charge < -0.3 is 14.6 Å². The minimum Gasteiger partial charge on any atom is -0.462 e. The molecule has 0 amide bonds. The zero-order chi connectivity index (χ0) is 39.2. The van der Waals surface area contributed by atoms with Gasteiger partial charge in [0.15, 0.2) is 0 Å². The van der Waals surface area contributed by atoms with Crippen molar-refractivity contribution in [2.45, 2.75) is 199 Å². The highest BCUT2D eigenvalue weighted by atomic mass is 16.6. The molecular weight excluding hydrogens is 641 g/mol. The maximum atomic E-state index is 10.9. The lowest BCUT2D eigenvalue weighted by Gasteiger charge is -2.20. The van der Waals surface area contributed by atoms with Crippen molar-refractivity contribution < 1.29 is 19.4 Å². The number of rotatable bonds is 22. The normalized spacial score (nSPS) is 16.0. The summed E-state index contributed by atoms with van der Waals surface area (Å²) in [4.78, 5) is 20.8. The summed E-state index contributed by atoms with van der Waals surface area (Å²) < 4.78 is 4.50. The summed E-state index contributed by atoms with van der Waals surface area (Å²) in [5, 5.41) is 9.84. The minimum absolute atomic E-state index is 0. The lowest BCUT2D eigenvalue weighted by molar-refractivity contribution is -0.167. The first-order valence-electron chi connectivity index (χ1n) is 19.5. The van der Waals surface area contributed by atoms with Gasteiger partial charge in [0.25, 0.3) is 0 Å². The number of ether oxygens (including phenoxy) is 1. The maximum Gasteiger partial charge on any atom is 0.309 e. The summed E-state index contributed by atoms with van der Waals surface area (Å²) in [6, 6.07) is 0. The van der Waals surface area contributed by atoms with Gasteiger partial charge in [0.05, 0.1) is 12.0 Å². The van der Waals surface area contributed by atoms with E-state index in [0.717, 1.165) is 77.0 Å². The number of aliphatic hydroxyl groups is 1. The Bertz CT molecular complexity index is 1210. The zero-order valence-electron chi connectivity index (χ0n) is 35.2. The predicted octanol–water partition coefficient (Wildman–Crippen LogP) is 14.6. The minimum atomic E-state index is -0.738. The van der Waals surface area contributed by atoms with Crippen molar-refractivity contribution in [1.29, 1.82) is 0 Å². The zero-order valence-corrected chi connectivity index (χ0v) is 35.2. The van der Waals surface area contributed by atoms with Gasteiger partial charge in [-0.25, -0.2) is 0 Å². The third kappa shape index (κ3) is 38.3. The van der Waals surface area contributed by atoms with E-state index in [1.165, 1.54) is 45.4 Å². The van der Waals surface area contributed by atoms with Crippen molar-refractivity contribution in [3.8, 4) is 0 Å². The molecule has 2 atom stereocenters. The van der Waals surface area contributed by atoms with E-state index in [-0.39, 0.29) is 25.3 Å². The van der Waals surface area contributed by atoms with E-state index in [2.05, 4.69) is 116 Å². The fraction of sp³-hybridized carbons (Fsp3) is 0.625. The number of carbonyl (C=O) groups is 2. The second-order valence-corrected chi connectivity index (χ2v) is 15.4. The second kappa shape index (κ2) is 32.7. The molecule has 1 saturated heterocycles. The number of hydrogen-bond donors (Lipinski definition) is 1. The van der Waals surface area contributed by atoms with Gasteiger partial charge in [0.2, 0.25) is 0 Å². The lowest BCUT2D eigenvalue weighted by atomic mass is 9.99. The maximum absolute atomic E-state index is 10.9. The Morgan fingerprint density at radius 2 is 0.923 bits per heavy atom. The van der Waals surface area contributed by atoms with Gasteiger partial charge >= 0.3 is 5.97 Å². The number of allylic oxidation sites excluding steroid dienone is 14. The van der Waals surface area contributed by atoms with E-state index < -0.39 is 5.60 Å². The Morgan fingerprint density at radius 1 is 0.635 bits per heavy atom. The number of carbonyl (C=O) groups excluding carboxylic acids is 2. The van der Waals surface area contributed by atoms with Crippen LogP contribution in [0.2, 0.25) is 0 Å². The van der Waals surface area contributed by atoms with Crippen molar-refractivity contribution in [3.63, 3.8) is 0 Å². The van der Waals surface area contributed by atoms with Gasteiger partial charge in [-0.05, 0) is 167 Å². The monoisotopic (exact) mass is 723 g/mol. The number of ketones is 1. The van der Waals surface area contributed by atoms with Gasteiger partial charge in [-0.3, -0.25) is 4.79 Å². The first-order valence-corrected chi connectivity index (χ1v) is 19.5. The molecule has 1 fully saturated rings. The van der Waals surface area contributed by atoms with Crippen molar-refractivity contribution >= 4 is 11.8 Å². The highest BCUT2D eigenvalue weighted by molar-refractivity contribution is 5.75. The first-order chi connectivity index (χ1) is 23.9. The third-order valence-corrected chi connectivity index (χ3v) is 8.64. The van der Waals surface area contributed by atoms with Crippen LogP contribution in [-0.4, -0.2) is 28.6 Å². The molecule has 0 aromatic heterocycles. The Hall–Kier alpha value is -2.98. The average molecular weight is 723 g/mol. The van der Waals surface area contributed by atoms with Crippen LogP contribution in [0, 0.1) is 0 Å². The molecule has 0 spiro atoms. The van der Waals surface area contributed by atoms with Crippen LogP contribution < -0.4 is 0 Å². The van der Waals surface area contributed by atoms with Crippen LogP contribution >= 0.6 is 0 Å². The van der Waals surface area contributed by atoms with Gasteiger partial charge in [-0.1, -0.05) is 95.0 Å². The molecule has 1 heterocycles. The van der Waals surface area contributed by atoms with Crippen molar-refractivity contribution in [2.75, 3.05) is 0 Å². The summed E-state index contributed by atoms with van der Waals surface area (Å²) in [5.74, 6) is 0.210. The summed E-state index contributed by atoms with van der Waals surface area (Å²) in [6.07, 6.45) is 33.2. The van der Waals surface area contributed by atoms with E-state index in [4.69, 9.17) is 0 Å². The van der Waals surface area contributed by atoms with E-state index in [1.54, 1.807) is 13.0 Å². The van der Waals surface area contributed by atoms with Crippen molar-refractivity contribution in [1.82, 2.24) is 0 Å². The molecule has 1 rings (SSSR count). The van der Waals surface area contributed by atoms with Crippen molar-refractivity contribution in [3.05, 3.63) is 94.2 Å². The quantitative estimate of drug-likeness (QED) is 0.0892. The molecule has 4 heteroatoms. The van der Waals surface area contributed by atoms with Gasteiger partial charge in [0.1, 0.15) is 11.9 Å². The standard InChI is InChI=1S/C23H38O.C20H34O.C4H6O2.CH4/c1-19(2)11-7-12-20(3)13-8-14-21(4)15-9-16-22(5)17-10-18-23(6)24;1-7-20(6,21)16-10-15-19(5)14-9-13-18(4)12-8-11-17(2)3;1-3-2-4(5)6-3;/h11,13,15,17H,7-10,12,14,16,18H2,1-6H3;7,11,13,15,21H,1,8-10,12,14,16H2,2-6H3;3H,2H2,1H3;1H4/b20-13+,21-15+,22-17+;18-13+,19-15+;;. The molecule has 0 aliphatic carbocycles. The summed E-state index contributed by atoms with van der Waals surface area (Å²) in [6.45, 7) is 28.7. The van der Waals surface area contributed by atoms with Crippen LogP contribution in [0.25, 0.3) is 0 Å². The Morgan fingerprint density at radius 3 is 1.15 bits per heavy atom. The number of cyclic esters (lactones) is 1. The lowest BCUT2D eigenvalue weighted by Crippen LogP contribution is -2.29. The molecule has 298 valence electrons. The number of esters is 1. The van der Waals surface area contributed by atoms with Crippen LogP contribution in [0.15, 0.2) is 94.2 Å². The molecule has 0 radical (unpaired) electrons. The Kier molecular flexibility index (Phi) is 33.5. The van der Waals surface area contributed by atoms with Crippen LogP contribution in [0.4, 0.5) is 0 Å². The average Bonchev–Trinajstić information content (AvgIpc) is 3.00. The molecule has 0 saturated carbocycles. The third-order valence-electron chi connectivity index (χ3n) is 8.64. The molecule has 1 aliphatic heterocycles. The molecule has 0 bridgehead atoms. The Labute approximate surface area is 323 Å². The van der Waals surface area contributed by atoms with Gasteiger partial charge in [-0.15, -0.1) is 6.58 Å².